The van der Waals surface area contributed by atoms with Gasteiger partial charge in [0.1, 0.15) is 5.00 Å². The van der Waals surface area contributed by atoms with Gasteiger partial charge in [-0.15, -0.1) is 11.3 Å². The second-order valence-corrected chi connectivity index (χ2v) is 8.34. The van der Waals surface area contributed by atoms with Crippen molar-refractivity contribution in [2.45, 2.75) is 45.3 Å². The number of carbonyl (C=O) groups is 2. The second kappa shape index (κ2) is 8.97. The van der Waals surface area contributed by atoms with Crippen molar-refractivity contribution in [2.24, 2.45) is 0 Å². The van der Waals surface area contributed by atoms with Gasteiger partial charge < -0.3 is 20.1 Å². The van der Waals surface area contributed by atoms with Crippen molar-refractivity contribution in [2.75, 3.05) is 25.1 Å². The first-order valence-corrected chi connectivity index (χ1v) is 11.1. The van der Waals surface area contributed by atoms with Gasteiger partial charge in [0.05, 0.1) is 11.1 Å². The number of rotatable bonds is 8. The zero-order valence-electron chi connectivity index (χ0n) is 16.6. The van der Waals surface area contributed by atoms with Crippen LogP contribution in [0.2, 0.25) is 0 Å². The second-order valence-electron chi connectivity index (χ2n) is 7.24. The Labute approximate surface area is 174 Å². The number of esters is 1. The highest BCUT2D eigenvalue weighted by Gasteiger charge is 2.33. The summed E-state index contributed by atoms with van der Waals surface area (Å²) in [5, 5.41) is 7.15. The van der Waals surface area contributed by atoms with Gasteiger partial charge in [0.2, 0.25) is 6.23 Å². The molecule has 4 rings (SSSR count). The third-order valence-corrected chi connectivity index (χ3v) is 6.53. The number of fused-ring (bicyclic) bond motifs is 2. The summed E-state index contributed by atoms with van der Waals surface area (Å²) >= 11 is 1.61. The van der Waals surface area contributed by atoms with Gasteiger partial charge in [0, 0.05) is 30.2 Å². The molecule has 0 saturated heterocycles. The van der Waals surface area contributed by atoms with Gasteiger partial charge in [-0.1, -0.05) is 18.2 Å². The number of nitrogens with one attached hydrogen (secondary N) is 2. The van der Waals surface area contributed by atoms with Crippen LogP contribution in [0.3, 0.4) is 0 Å². The zero-order chi connectivity index (χ0) is 20.2. The lowest BCUT2D eigenvalue weighted by Gasteiger charge is -2.16. The number of aryl methyl sites for hydroxylation is 1. The molecule has 0 fully saturated rings. The molecule has 29 heavy (non-hydrogen) atoms. The summed E-state index contributed by atoms with van der Waals surface area (Å²) in [4.78, 5) is 26.4. The third-order valence-electron chi connectivity index (χ3n) is 5.30. The Morgan fingerprint density at radius 3 is 2.97 bits per heavy atom. The van der Waals surface area contributed by atoms with E-state index in [2.05, 4.69) is 10.6 Å². The molecule has 1 amide bonds. The maximum absolute atomic E-state index is 13.0. The molecule has 0 spiro atoms. The molecule has 1 unspecified atom stereocenters. The predicted molar refractivity (Wildman–Crippen MR) is 113 cm³/mol. The van der Waals surface area contributed by atoms with E-state index in [0.29, 0.717) is 30.9 Å². The van der Waals surface area contributed by atoms with Crippen molar-refractivity contribution in [3.05, 3.63) is 51.4 Å². The van der Waals surface area contributed by atoms with Gasteiger partial charge in [0.15, 0.2) is 0 Å². The van der Waals surface area contributed by atoms with Crippen molar-refractivity contribution < 1.29 is 19.1 Å². The lowest BCUT2D eigenvalue weighted by molar-refractivity contribution is 0.0437. The Kier molecular flexibility index (Phi) is 6.16. The van der Waals surface area contributed by atoms with Crippen LogP contribution in [0.15, 0.2) is 24.3 Å². The minimum absolute atomic E-state index is 0.0685. The van der Waals surface area contributed by atoms with Crippen LogP contribution in [-0.2, 0) is 22.3 Å². The first-order valence-electron chi connectivity index (χ1n) is 10.3. The Balaban J connectivity index is 1.55. The van der Waals surface area contributed by atoms with Gasteiger partial charge in [-0.2, -0.15) is 0 Å². The predicted octanol–water partition coefficient (Wildman–Crippen LogP) is 4.06. The van der Waals surface area contributed by atoms with Crippen LogP contribution >= 0.6 is 11.3 Å². The van der Waals surface area contributed by atoms with E-state index < -0.39 is 6.23 Å². The molecular weight excluding hydrogens is 388 g/mol. The largest absolute Gasteiger partial charge is 0.434 e. The van der Waals surface area contributed by atoms with Crippen LogP contribution in [0.5, 0.6) is 0 Å². The molecule has 0 bridgehead atoms. The zero-order valence-corrected chi connectivity index (χ0v) is 17.4. The van der Waals surface area contributed by atoms with Gasteiger partial charge in [-0.25, -0.2) is 4.79 Å². The van der Waals surface area contributed by atoms with E-state index in [1.165, 1.54) is 4.88 Å². The minimum atomic E-state index is -0.566. The molecule has 6 nitrogen and oxygen atoms in total. The van der Waals surface area contributed by atoms with E-state index in [0.717, 1.165) is 48.2 Å². The molecule has 7 heteroatoms. The maximum Gasteiger partial charge on any atom is 0.340 e. The van der Waals surface area contributed by atoms with Crippen LogP contribution < -0.4 is 10.6 Å². The van der Waals surface area contributed by atoms with E-state index >= 15 is 0 Å². The van der Waals surface area contributed by atoms with Crippen LogP contribution in [0.1, 0.15) is 69.1 Å². The number of amides is 1. The third kappa shape index (κ3) is 4.16. The Bertz CT molecular complexity index is 908. The Hall–Kier alpha value is -2.38. The monoisotopic (exact) mass is 414 g/mol. The quantitative estimate of drug-likeness (QED) is 0.503. The number of benzene rings is 1. The summed E-state index contributed by atoms with van der Waals surface area (Å²) in [5.41, 5.74) is 3.24. The lowest BCUT2D eigenvalue weighted by atomic mass is 9.95. The maximum atomic E-state index is 13.0. The first-order chi connectivity index (χ1) is 14.2. The molecule has 154 valence electrons. The summed E-state index contributed by atoms with van der Waals surface area (Å²) in [6, 6.07) is 7.37. The molecule has 2 aliphatic rings. The fraction of sp³-hybridized carbons (Fsp3) is 0.455. The van der Waals surface area contributed by atoms with Crippen molar-refractivity contribution in [3.63, 3.8) is 0 Å². The highest BCUT2D eigenvalue weighted by atomic mass is 32.1. The van der Waals surface area contributed by atoms with E-state index in [1.54, 1.807) is 17.4 Å². The molecular formula is C22H26N2O4S. The molecule has 1 aliphatic heterocycles. The lowest BCUT2D eigenvalue weighted by Crippen LogP contribution is -2.27. The fourth-order valence-electron chi connectivity index (χ4n) is 3.89. The van der Waals surface area contributed by atoms with Crippen molar-refractivity contribution in [1.82, 2.24) is 5.32 Å². The number of anilines is 1. The Morgan fingerprint density at radius 2 is 2.10 bits per heavy atom. The van der Waals surface area contributed by atoms with Gasteiger partial charge in [-0.3, -0.25) is 4.79 Å². The van der Waals surface area contributed by atoms with Crippen molar-refractivity contribution in [1.29, 1.82) is 0 Å². The van der Waals surface area contributed by atoms with Crippen molar-refractivity contribution >= 4 is 28.2 Å². The highest BCUT2D eigenvalue weighted by Crippen LogP contribution is 2.41. The average Bonchev–Trinajstić information content (AvgIpc) is 3.25. The smallest absolute Gasteiger partial charge is 0.340 e. The topological polar surface area (TPSA) is 76.7 Å². The molecule has 2 N–H and O–H groups in total. The number of hydrogen-bond donors (Lipinski definition) is 2. The van der Waals surface area contributed by atoms with Crippen LogP contribution in [0.25, 0.3) is 0 Å². The van der Waals surface area contributed by atoms with Crippen molar-refractivity contribution in [3.8, 4) is 0 Å². The highest BCUT2D eigenvalue weighted by molar-refractivity contribution is 7.16. The van der Waals surface area contributed by atoms with E-state index in [-0.39, 0.29) is 11.9 Å². The summed E-state index contributed by atoms with van der Waals surface area (Å²) in [6.45, 7) is 3.85. The standard InChI is InChI=1S/C22H26N2O4S/c1-2-27-13-7-12-23-19(25)18-16-10-5-6-11-17(16)29-21(18)24-20-14-8-3-4-9-15(14)22(26)28-20/h3-4,8-9,20,24H,2,5-7,10-13H2,1H3,(H,23,25). The normalized spacial score (nSPS) is 17.4. The summed E-state index contributed by atoms with van der Waals surface area (Å²) in [7, 11) is 0. The average molecular weight is 415 g/mol. The van der Waals surface area contributed by atoms with E-state index in [1.807, 2.05) is 25.1 Å². The molecule has 0 saturated carbocycles. The number of thiophene rings is 1. The van der Waals surface area contributed by atoms with E-state index in [9.17, 15) is 9.59 Å². The number of hydrogen-bond acceptors (Lipinski definition) is 6. The Morgan fingerprint density at radius 1 is 1.28 bits per heavy atom. The minimum Gasteiger partial charge on any atom is -0.434 e. The molecule has 2 aromatic rings. The van der Waals surface area contributed by atoms with Gasteiger partial charge in [0.25, 0.3) is 5.91 Å². The molecule has 1 aromatic heterocycles. The number of ether oxygens (including phenoxy) is 2. The van der Waals surface area contributed by atoms with Gasteiger partial charge in [-0.05, 0) is 50.7 Å². The van der Waals surface area contributed by atoms with Gasteiger partial charge >= 0.3 is 5.97 Å². The SMILES string of the molecule is CCOCCCNC(=O)c1c(NC2OC(=O)c3ccccc32)sc2c1CCCC2. The molecule has 1 aromatic carbocycles. The van der Waals surface area contributed by atoms with Crippen LogP contribution in [-0.4, -0.2) is 31.6 Å². The summed E-state index contributed by atoms with van der Waals surface area (Å²) < 4.78 is 10.9. The molecule has 1 atom stereocenters. The first kappa shape index (κ1) is 19.9. The molecule has 1 aliphatic carbocycles. The van der Waals surface area contributed by atoms with Crippen LogP contribution in [0, 0.1) is 0 Å². The molecule has 0 radical (unpaired) electrons. The summed E-state index contributed by atoms with van der Waals surface area (Å²) in [6.07, 6.45) is 4.35. The number of carbonyl (C=O) groups excluding carboxylic acids is 2. The fourth-order valence-corrected chi connectivity index (χ4v) is 5.19. The number of cyclic esters (lactones) is 1. The summed E-state index contributed by atoms with van der Waals surface area (Å²) in [5.74, 6) is -0.401. The van der Waals surface area contributed by atoms with Crippen LogP contribution in [0.4, 0.5) is 5.00 Å². The van der Waals surface area contributed by atoms with E-state index in [4.69, 9.17) is 9.47 Å². The molecule has 2 heterocycles.